The maximum absolute atomic E-state index is 12.4. The summed E-state index contributed by atoms with van der Waals surface area (Å²) in [5, 5.41) is 2.08. The van der Waals surface area contributed by atoms with Crippen molar-refractivity contribution in [1.82, 2.24) is 5.32 Å². The molecular formula is C6H6F5NO2. The SMILES string of the molecule is O=C([C@@H]1NCCO1)C(F)(F)C(F)(F)F. The average molecular weight is 219 g/mol. The molecule has 1 fully saturated rings. The van der Waals surface area contributed by atoms with Crippen LogP contribution in [-0.2, 0) is 9.53 Å². The molecule has 1 saturated heterocycles. The van der Waals surface area contributed by atoms with E-state index in [2.05, 4.69) is 10.1 Å². The van der Waals surface area contributed by atoms with Gasteiger partial charge in [0.25, 0.3) is 5.78 Å². The summed E-state index contributed by atoms with van der Waals surface area (Å²) in [4.78, 5) is 10.7. The molecule has 1 aliphatic rings. The Morgan fingerprint density at radius 2 is 1.86 bits per heavy atom. The number of halogens is 5. The van der Waals surface area contributed by atoms with E-state index < -0.39 is 24.1 Å². The van der Waals surface area contributed by atoms with E-state index in [-0.39, 0.29) is 13.2 Å². The number of Topliss-reactive ketones (excluding diaryl/α,β-unsaturated/α-hetero) is 1. The van der Waals surface area contributed by atoms with Gasteiger partial charge in [0, 0.05) is 6.54 Å². The van der Waals surface area contributed by atoms with Gasteiger partial charge in [0.05, 0.1) is 6.61 Å². The highest BCUT2D eigenvalue weighted by Crippen LogP contribution is 2.37. The van der Waals surface area contributed by atoms with Crippen LogP contribution in [0, 0.1) is 0 Å². The second-order valence-electron chi connectivity index (χ2n) is 2.64. The smallest absolute Gasteiger partial charge is 0.354 e. The molecule has 0 aromatic rings. The first-order chi connectivity index (χ1) is 6.27. The molecule has 0 aliphatic carbocycles. The molecule has 1 heterocycles. The number of alkyl halides is 5. The lowest BCUT2D eigenvalue weighted by Gasteiger charge is -2.20. The van der Waals surface area contributed by atoms with Gasteiger partial charge in [-0.05, 0) is 0 Å². The van der Waals surface area contributed by atoms with Crippen molar-refractivity contribution in [2.45, 2.75) is 18.3 Å². The molecule has 0 aromatic heterocycles. The molecule has 0 saturated carbocycles. The molecular weight excluding hydrogens is 213 g/mol. The van der Waals surface area contributed by atoms with Crippen molar-refractivity contribution in [3.05, 3.63) is 0 Å². The van der Waals surface area contributed by atoms with Gasteiger partial charge in [-0.3, -0.25) is 10.1 Å². The Balaban J connectivity index is 2.76. The van der Waals surface area contributed by atoms with E-state index in [0.717, 1.165) is 0 Å². The van der Waals surface area contributed by atoms with Gasteiger partial charge in [0.2, 0.25) is 0 Å². The predicted molar refractivity (Wildman–Crippen MR) is 33.8 cm³/mol. The topological polar surface area (TPSA) is 38.3 Å². The van der Waals surface area contributed by atoms with Crippen molar-refractivity contribution in [2.24, 2.45) is 0 Å². The number of hydrogen-bond donors (Lipinski definition) is 1. The summed E-state index contributed by atoms with van der Waals surface area (Å²) < 4.78 is 64.2. The maximum atomic E-state index is 12.4. The first-order valence-corrected chi connectivity index (χ1v) is 3.60. The van der Waals surface area contributed by atoms with Crippen molar-refractivity contribution < 1.29 is 31.5 Å². The van der Waals surface area contributed by atoms with Gasteiger partial charge in [0.1, 0.15) is 0 Å². The maximum Gasteiger partial charge on any atom is 0.461 e. The fourth-order valence-electron chi connectivity index (χ4n) is 0.898. The molecule has 82 valence electrons. The highest BCUT2D eigenvalue weighted by atomic mass is 19.4. The van der Waals surface area contributed by atoms with Crippen LogP contribution in [0.3, 0.4) is 0 Å². The molecule has 1 aliphatic heterocycles. The van der Waals surface area contributed by atoms with Crippen molar-refractivity contribution in [3.8, 4) is 0 Å². The average Bonchev–Trinajstić information content (AvgIpc) is 2.52. The van der Waals surface area contributed by atoms with Crippen LogP contribution in [0.25, 0.3) is 0 Å². The Bertz CT molecular complexity index is 233. The third-order valence-electron chi connectivity index (χ3n) is 1.62. The van der Waals surface area contributed by atoms with Crippen LogP contribution >= 0.6 is 0 Å². The normalized spacial score (nSPS) is 23.9. The van der Waals surface area contributed by atoms with E-state index in [9.17, 15) is 26.7 Å². The van der Waals surface area contributed by atoms with E-state index in [4.69, 9.17) is 0 Å². The lowest BCUT2D eigenvalue weighted by molar-refractivity contribution is -0.272. The van der Waals surface area contributed by atoms with Crippen LogP contribution in [0.1, 0.15) is 0 Å². The number of ketones is 1. The third kappa shape index (κ3) is 1.85. The summed E-state index contributed by atoms with van der Waals surface area (Å²) in [5.74, 6) is -7.67. The van der Waals surface area contributed by atoms with Crippen LogP contribution in [0.15, 0.2) is 0 Å². The monoisotopic (exact) mass is 219 g/mol. The molecule has 0 amide bonds. The summed E-state index contributed by atoms with van der Waals surface area (Å²) in [6, 6.07) is 0. The largest absolute Gasteiger partial charge is 0.461 e. The summed E-state index contributed by atoms with van der Waals surface area (Å²) >= 11 is 0. The summed E-state index contributed by atoms with van der Waals surface area (Å²) in [5.41, 5.74) is 0. The Hall–Kier alpha value is -0.760. The van der Waals surface area contributed by atoms with Crippen molar-refractivity contribution in [1.29, 1.82) is 0 Å². The first-order valence-electron chi connectivity index (χ1n) is 3.60. The molecule has 0 bridgehead atoms. The van der Waals surface area contributed by atoms with Gasteiger partial charge < -0.3 is 4.74 Å². The minimum Gasteiger partial charge on any atom is -0.354 e. The number of rotatable bonds is 2. The van der Waals surface area contributed by atoms with E-state index in [1.807, 2.05) is 0 Å². The zero-order chi connectivity index (χ0) is 11.0. The molecule has 1 rings (SSSR count). The highest BCUT2D eigenvalue weighted by molar-refractivity contribution is 5.90. The van der Waals surface area contributed by atoms with E-state index >= 15 is 0 Å². The fourth-order valence-corrected chi connectivity index (χ4v) is 0.898. The van der Waals surface area contributed by atoms with E-state index in [0.29, 0.717) is 0 Å². The Morgan fingerprint density at radius 3 is 2.21 bits per heavy atom. The fraction of sp³-hybridized carbons (Fsp3) is 0.833. The first kappa shape index (κ1) is 11.3. The van der Waals surface area contributed by atoms with Gasteiger partial charge in [-0.15, -0.1) is 0 Å². The van der Waals surface area contributed by atoms with Crippen LogP contribution < -0.4 is 5.32 Å². The van der Waals surface area contributed by atoms with Crippen molar-refractivity contribution in [3.63, 3.8) is 0 Å². The number of ether oxygens (including phenoxy) is 1. The van der Waals surface area contributed by atoms with Crippen molar-refractivity contribution >= 4 is 5.78 Å². The van der Waals surface area contributed by atoms with Crippen LogP contribution in [-0.4, -0.2) is 37.3 Å². The molecule has 1 atom stereocenters. The molecule has 0 radical (unpaired) electrons. The molecule has 0 aromatic carbocycles. The molecule has 1 N–H and O–H groups in total. The van der Waals surface area contributed by atoms with Crippen molar-refractivity contribution in [2.75, 3.05) is 13.2 Å². The van der Waals surface area contributed by atoms with Gasteiger partial charge in [0.15, 0.2) is 6.23 Å². The molecule has 8 heteroatoms. The Labute approximate surface area is 75.2 Å². The van der Waals surface area contributed by atoms with Crippen LogP contribution in [0.4, 0.5) is 22.0 Å². The zero-order valence-electron chi connectivity index (χ0n) is 6.70. The quantitative estimate of drug-likeness (QED) is 0.694. The van der Waals surface area contributed by atoms with Crippen LogP contribution in [0.5, 0.6) is 0 Å². The molecule has 0 unspecified atom stereocenters. The molecule has 14 heavy (non-hydrogen) atoms. The highest BCUT2D eigenvalue weighted by Gasteiger charge is 2.65. The van der Waals surface area contributed by atoms with E-state index in [1.165, 1.54) is 0 Å². The molecule has 0 spiro atoms. The summed E-state index contributed by atoms with van der Waals surface area (Å²) in [6.07, 6.45) is -7.75. The van der Waals surface area contributed by atoms with E-state index in [1.54, 1.807) is 0 Å². The second-order valence-corrected chi connectivity index (χ2v) is 2.64. The minimum absolute atomic E-state index is 0.0651. The minimum atomic E-state index is -5.88. The Morgan fingerprint density at radius 1 is 1.29 bits per heavy atom. The van der Waals surface area contributed by atoms with Gasteiger partial charge >= 0.3 is 12.1 Å². The zero-order valence-corrected chi connectivity index (χ0v) is 6.70. The van der Waals surface area contributed by atoms with Gasteiger partial charge in [-0.25, -0.2) is 0 Å². The standard InChI is InChI=1S/C6H6F5NO2/c7-5(8,6(9,10)11)3(13)4-12-1-2-14-4/h4,12H,1-2H2/t4-/m1/s1. The second kappa shape index (κ2) is 3.43. The van der Waals surface area contributed by atoms with Gasteiger partial charge in [-0.1, -0.05) is 0 Å². The molecule has 3 nitrogen and oxygen atoms in total. The third-order valence-corrected chi connectivity index (χ3v) is 1.62. The number of carbonyl (C=O) groups excluding carboxylic acids is 1. The van der Waals surface area contributed by atoms with Gasteiger partial charge in [-0.2, -0.15) is 22.0 Å². The lowest BCUT2D eigenvalue weighted by atomic mass is 10.2. The Kier molecular flexibility index (Phi) is 2.77. The predicted octanol–water partition coefficient (Wildman–Crippen LogP) is 0.699. The lowest BCUT2D eigenvalue weighted by Crippen LogP contribution is -2.51. The number of nitrogens with one attached hydrogen (secondary N) is 1. The number of hydrogen-bond acceptors (Lipinski definition) is 3. The van der Waals surface area contributed by atoms with Crippen LogP contribution in [0.2, 0.25) is 0 Å². The number of carbonyl (C=O) groups is 1. The summed E-state index contributed by atoms with van der Waals surface area (Å²) in [7, 11) is 0. The summed E-state index contributed by atoms with van der Waals surface area (Å²) in [6.45, 7) is 0.00862.